The smallest absolute Gasteiger partial charge is 0.324 e. The highest BCUT2D eigenvalue weighted by atomic mass is 16.6. The highest BCUT2D eigenvalue weighted by Crippen LogP contribution is 2.53. The van der Waals surface area contributed by atoms with E-state index in [0.717, 1.165) is 12.8 Å². The fraction of sp³-hybridized carbons (Fsp3) is 0.765. The Labute approximate surface area is 126 Å². The molecule has 0 unspecified atom stereocenters. The van der Waals surface area contributed by atoms with Crippen LogP contribution in [0.5, 0.6) is 0 Å². The zero-order valence-corrected chi connectivity index (χ0v) is 13.7. The van der Waals surface area contributed by atoms with Gasteiger partial charge in [-0.1, -0.05) is 11.1 Å². The van der Waals surface area contributed by atoms with Crippen LogP contribution in [0.2, 0.25) is 0 Å². The summed E-state index contributed by atoms with van der Waals surface area (Å²) in [5.41, 5.74) is 1.48. The van der Waals surface area contributed by atoms with E-state index in [1.807, 2.05) is 0 Å². The molecule has 0 aliphatic heterocycles. The van der Waals surface area contributed by atoms with Crippen molar-refractivity contribution >= 4 is 11.9 Å². The van der Waals surface area contributed by atoms with Gasteiger partial charge in [0, 0.05) is 0 Å². The summed E-state index contributed by atoms with van der Waals surface area (Å²) in [5, 5.41) is 0. The predicted molar refractivity (Wildman–Crippen MR) is 79.5 cm³/mol. The molecule has 0 bridgehead atoms. The number of allylic oxidation sites excluding steroid dienone is 2. The maximum absolute atomic E-state index is 12.6. The van der Waals surface area contributed by atoms with Crippen LogP contribution in [0.1, 0.15) is 60.3 Å². The molecular weight excluding hydrogens is 268 g/mol. The third-order valence-corrected chi connectivity index (χ3v) is 4.46. The van der Waals surface area contributed by atoms with Crippen molar-refractivity contribution in [1.82, 2.24) is 0 Å². The first-order valence-corrected chi connectivity index (χ1v) is 7.87. The van der Waals surface area contributed by atoms with Crippen LogP contribution in [-0.4, -0.2) is 24.1 Å². The molecule has 0 spiro atoms. The molecular formula is C17H26O4. The monoisotopic (exact) mass is 294 g/mol. The zero-order chi connectivity index (χ0) is 15.8. The van der Waals surface area contributed by atoms with Gasteiger partial charge in [-0.3, -0.25) is 9.59 Å². The fourth-order valence-corrected chi connectivity index (χ4v) is 3.46. The van der Waals surface area contributed by atoms with Crippen molar-refractivity contribution in [3.63, 3.8) is 0 Å². The Morgan fingerprint density at radius 1 is 1.10 bits per heavy atom. The van der Waals surface area contributed by atoms with Gasteiger partial charge in [0.2, 0.25) is 0 Å². The van der Waals surface area contributed by atoms with Gasteiger partial charge in [-0.15, -0.1) is 0 Å². The van der Waals surface area contributed by atoms with Crippen LogP contribution in [0.15, 0.2) is 11.1 Å². The van der Waals surface area contributed by atoms with Crippen molar-refractivity contribution in [2.75, 3.05) is 0 Å². The normalized spacial score (nSPS) is 23.7. The molecule has 118 valence electrons. The molecule has 0 radical (unpaired) electrons. The van der Waals surface area contributed by atoms with Gasteiger partial charge in [-0.2, -0.15) is 0 Å². The second-order valence-corrected chi connectivity index (χ2v) is 6.91. The lowest BCUT2D eigenvalue weighted by Crippen LogP contribution is -2.42. The number of fused-ring (bicyclic) bond motifs is 1. The van der Waals surface area contributed by atoms with E-state index in [-0.39, 0.29) is 12.2 Å². The first kappa shape index (κ1) is 16.1. The first-order chi connectivity index (χ1) is 9.76. The topological polar surface area (TPSA) is 52.6 Å². The van der Waals surface area contributed by atoms with Crippen molar-refractivity contribution < 1.29 is 19.1 Å². The minimum absolute atomic E-state index is 0.225. The second kappa shape index (κ2) is 5.82. The molecule has 2 aliphatic carbocycles. The van der Waals surface area contributed by atoms with Crippen LogP contribution in [0, 0.1) is 11.3 Å². The minimum atomic E-state index is -1.13. The van der Waals surface area contributed by atoms with Gasteiger partial charge in [-0.05, 0) is 66.2 Å². The Balaban J connectivity index is 2.30. The number of esters is 2. The van der Waals surface area contributed by atoms with Gasteiger partial charge in [0.25, 0.3) is 0 Å². The summed E-state index contributed by atoms with van der Waals surface area (Å²) in [4.78, 5) is 25.2. The van der Waals surface area contributed by atoms with Crippen LogP contribution < -0.4 is 0 Å². The highest BCUT2D eigenvalue weighted by molar-refractivity contribution is 6.01. The Morgan fingerprint density at radius 3 is 2.05 bits per heavy atom. The Bertz CT molecular complexity index is 451. The molecule has 21 heavy (non-hydrogen) atoms. The average molecular weight is 294 g/mol. The van der Waals surface area contributed by atoms with Gasteiger partial charge >= 0.3 is 11.9 Å². The maximum Gasteiger partial charge on any atom is 0.324 e. The molecule has 1 fully saturated rings. The summed E-state index contributed by atoms with van der Waals surface area (Å²) in [6.45, 7) is 9.33. The summed E-state index contributed by atoms with van der Waals surface area (Å²) in [6, 6.07) is 0. The van der Waals surface area contributed by atoms with E-state index < -0.39 is 17.4 Å². The summed E-state index contributed by atoms with van der Waals surface area (Å²) in [6.07, 6.45) is 2.67. The van der Waals surface area contributed by atoms with E-state index in [4.69, 9.17) is 9.47 Å². The second-order valence-electron chi connectivity index (χ2n) is 6.91. The number of carbonyl (C=O) groups is 2. The Hall–Kier alpha value is -1.32. The molecule has 2 aliphatic rings. The van der Waals surface area contributed by atoms with Crippen LogP contribution in [-0.2, 0) is 19.1 Å². The molecule has 4 nitrogen and oxygen atoms in total. The summed E-state index contributed by atoms with van der Waals surface area (Å²) < 4.78 is 10.8. The Morgan fingerprint density at radius 2 is 1.62 bits per heavy atom. The van der Waals surface area contributed by atoms with E-state index in [2.05, 4.69) is 6.92 Å². The van der Waals surface area contributed by atoms with E-state index in [9.17, 15) is 9.59 Å². The third-order valence-electron chi connectivity index (χ3n) is 4.46. The van der Waals surface area contributed by atoms with Gasteiger partial charge in [-0.25, -0.2) is 0 Å². The quantitative estimate of drug-likeness (QED) is 0.453. The number of hydrogen-bond acceptors (Lipinski definition) is 4. The molecule has 0 saturated heterocycles. The maximum atomic E-state index is 12.6. The molecule has 1 atom stereocenters. The van der Waals surface area contributed by atoms with E-state index >= 15 is 0 Å². The van der Waals surface area contributed by atoms with Crippen molar-refractivity contribution in [1.29, 1.82) is 0 Å². The van der Waals surface area contributed by atoms with Crippen LogP contribution in [0.25, 0.3) is 0 Å². The Kier molecular flexibility index (Phi) is 4.45. The lowest BCUT2D eigenvalue weighted by atomic mass is 9.83. The molecule has 0 aromatic rings. The van der Waals surface area contributed by atoms with E-state index in [1.54, 1.807) is 27.7 Å². The van der Waals surface area contributed by atoms with Crippen molar-refractivity contribution in [2.45, 2.75) is 72.5 Å². The SMILES string of the molecule is CC1=C2CC(C(=O)OC(C)C)(C(=O)OC(C)C)C[C@@H]2CC1. The number of ether oxygens (including phenoxy) is 2. The number of carbonyl (C=O) groups excluding carboxylic acids is 2. The molecule has 0 aromatic heterocycles. The van der Waals surface area contributed by atoms with Crippen molar-refractivity contribution in [3.05, 3.63) is 11.1 Å². The standard InChI is InChI=1S/C17H26O4/c1-10(2)20-15(18)17(16(19)21-11(3)4)8-13-7-6-12(5)14(13)9-17/h10-11,13H,6-9H2,1-5H3/t13-/m0/s1. The number of rotatable bonds is 4. The van der Waals surface area contributed by atoms with Gasteiger partial charge < -0.3 is 9.47 Å². The minimum Gasteiger partial charge on any atom is -0.462 e. The predicted octanol–water partition coefficient (Wildman–Crippen LogP) is 3.40. The van der Waals surface area contributed by atoms with Crippen LogP contribution in [0.4, 0.5) is 0 Å². The molecule has 0 aromatic carbocycles. The molecule has 2 rings (SSSR count). The highest BCUT2D eigenvalue weighted by Gasteiger charge is 2.57. The fourth-order valence-electron chi connectivity index (χ4n) is 3.46. The number of hydrogen-bond donors (Lipinski definition) is 0. The molecule has 1 saturated carbocycles. The average Bonchev–Trinajstić information content (AvgIpc) is 2.88. The van der Waals surface area contributed by atoms with Gasteiger partial charge in [0.1, 0.15) is 0 Å². The van der Waals surface area contributed by atoms with E-state index in [0.29, 0.717) is 18.8 Å². The first-order valence-electron chi connectivity index (χ1n) is 7.87. The van der Waals surface area contributed by atoms with Crippen molar-refractivity contribution in [2.24, 2.45) is 11.3 Å². The molecule has 0 amide bonds. The summed E-state index contributed by atoms with van der Waals surface area (Å²) >= 11 is 0. The van der Waals surface area contributed by atoms with E-state index in [1.165, 1.54) is 11.1 Å². The lowest BCUT2D eigenvalue weighted by Gasteiger charge is -2.27. The summed E-state index contributed by atoms with van der Waals surface area (Å²) in [5.74, 6) is -0.500. The summed E-state index contributed by atoms with van der Waals surface area (Å²) in [7, 11) is 0. The largest absolute Gasteiger partial charge is 0.462 e. The lowest BCUT2D eigenvalue weighted by molar-refractivity contribution is -0.176. The van der Waals surface area contributed by atoms with Gasteiger partial charge in [0.05, 0.1) is 12.2 Å². The van der Waals surface area contributed by atoms with Crippen LogP contribution in [0.3, 0.4) is 0 Å². The molecule has 0 N–H and O–H groups in total. The van der Waals surface area contributed by atoms with Gasteiger partial charge in [0.15, 0.2) is 5.41 Å². The van der Waals surface area contributed by atoms with Crippen molar-refractivity contribution in [3.8, 4) is 0 Å². The molecule has 0 heterocycles. The zero-order valence-electron chi connectivity index (χ0n) is 13.7. The molecule has 4 heteroatoms. The third kappa shape index (κ3) is 2.99. The van der Waals surface area contributed by atoms with Crippen LogP contribution >= 0.6 is 0 Å².